The molecule has 0 amide bonds. The average molecular weight is 370 g/mol. The summed E-state index contributed by atoms with van der Waals surface area (Å²) in [7, 11) is 0. The summed E-state index contributed by atoms with van der Waals surface area (Å²) in [6.45, 7) is 8.34. The lowest BCUT2D eigenvalue weighted by Gasteiger charge is -2.35. The predicted octanol–water partition coefficient (Wildman–Crippen LogP) is 3.57. The highest BCUT2D eigenvalue weighted by Crippen LogP contribution is 2.29. The molecule has 1 fully saturated rings. The van der Waals surface area contributed by atoms with Gasteiger partial charge in [0.05, 0.1) is 11.1 Å². The molecule has 0 bridgehead atoms. The molecule has 1 saturated heterocycles. The molecule has 1 aromatic carbocycles. The first kappa shape index (κ1) is 19.8. The summed E-state index contributed by atoms with van der Waals surface area (Å²) >= 11 is 0. The van der Waals surface area contributed by atoms with Crippen molar-refractivity contribution in [1.82, 2.24) is 9.88 Å². The molecule has 0 spiro atoms. The van der Waals surface area contributed by atoms with Gasteiger partial charge < -0.3 is 15.7 Å². The van der Waals surface area contributed by atoms with E-state index in [0.717, 1.165) is 43.3 Å². The Kier molecular flexibility index (Phi) is 5.82. The average Bonchev–Trinajstić information content (AvgIpc) is 2.62. The van der Waals surface area contributed by atoms with Crippen molar-refractivity contribution in [2.75, 3.05) is 25.4 Å². The topological polar surface area (TPSA) is 79.5 Å². The molecule has 5 heteroatoms. The van der Waals surface area contributed by atoms with Gasteiger partial charge in [0, 0.05) is 35.8 Å². The first-order chi connectivity index (χ1) is 12.7. The first-order valence-electron chi connectivity index (χ1n) is 9.86. The zero-order valence-corrected chi connectivity index (χ0v) is 16.7. The maximum atomic E-state index is 12.9. The quantitative estimate of drug-likeness (QED) is 0.601. The van der Waals surface area contributed by atoms with Crippen molar-refractivity contribution in [1.29, 1.82) is 0 Å². The lowest BCUT2D eigenvalue weighted by Crippen LogP contribution is -2.42. The number of aromatic nitrogens is 1. The second-order valence-electron chi connectivity index (χ2n) is 8.55. The number of ketones is 1. The van der Waals surface area contributed by atoms with E-state index in [1.165, 1.54) is 0 Å². The number of Topliss-reactive ketones (excluding diaryl/α,β-unsaturated/α-hetero) is 1. The van der Waals surface area contributed by atoms with Crippen molar-refractivity contribution in [3.8, 4) is 0 Å². The highest BCUT2D eigenvalue weighted by atomic mass is 16.3. The van der Waals surface area contributed by atoms with Crippen LogP contribution in [-0.4, -0.2) is 46.0 Å². The molecule has 1 aliphatic heterocycles. The molecule has 0 saturated carbocycles. The number of anilines is 1. The van der Waals surface area contributed by atoms with E-state index in [-0.39, 0.29) is 5.78 Å². The van der Waals surface area contributed by atoms with Gasteiger partial charge in [0.1, 0.15) is 0 Å². The van der Waals surface area contributed by atoms with Crippen LogP contribution in [0.2, 0.25) is 0 Å². The van der Waals surface area contributed by atoms with Crippen LogP contribution in [0.3, 0.4) is 0 Å². The number of pyridine rings is 1. The number of aryl methyl sites for hydroxylation is 1. The monoisotopic (exact) mass is 369 g/mol. The zero-order chi connectivity index (χ0) is 19.6. The third-order valence-corrected chi connectivity index (χ3v) is 5.54. The van der Waals surface area contributed by atoms with Gasteiger partial charge in [-0.1, -0.05) is 0 Å². The van der Waals surface area contributed by atoms with Crippen LogP contribution in [0, 0.1) is 12.8 Å². The summed E-state index contributed by atoms with van der Waals surface area (Å²) in [5, 5.41) is 10.8. The Hall–Kier alpha value is -1.98. The summed E-state index contributed by atoms with van der Waals surface area (Å²) in [5.41, 5.74) is 8.55. The number of hydrogen-bond donors (Lipinski definition) is 2. The van der Waals surface area contributed by atoms with Crippen LogP contribution in [0.25, 0.3) is 10.9 Å². The van der Waals surface area contributed by atoms with Crippen LogP contribution in [0.1, 0.15) is 55.5 Å². The van der Waals surface area contributed by atoms with Crippen LogP contribution in [0.4, 0.5) is 5.69 Å². The zero-order valence-electron chi connectivity index (χ0n) is 16.7. The molecule has 0 radical (unpaired) electrons. The lowest BCUT2D eigenvalue weighted by atomic mass is 9.89. The molecule has 0 atom stereocenters. The van der Waals surface area contributed by atoms with Crippen molar-refractivity contribution in [3.63, 3.8) is 0 Å². The molecule has 1 aromatic heterocycles. The summed E-state index contributed by atoms with van der Waals surface area (Å²) in [6, 6.07) is 5.67. The fourth-order valence-corrected chi connectivity index (χ4v) is 4.08. The number of carbonyl (C=O) groups excluding carboxylic acids is 1. The molecule has 27 heavy (non-hydrogen) atoms. The van der Waals surface area contributed by atoms with Crippen LogP contribution in [0.15, 0.2) is 24.4 Å². The summed E-state index contributed by atoms with van der Waals surface area (Å²) in [6.07, 6.45) is 5.34. The van der Waals surface area contributed by atoms with E-state index >= 15 is 0 Å². The number of benzene rings is 1. The van der Waals surface area contributed by atoms with E-state index in [4.69, 9.17) is 5.73 Å². The van der Waals surface area contributed by atoms with Crippen LogP contribution < -0.4 is 5.73 Å². The highest BCUT2D eigenvalue weighted by molar-refractivity contribution is 6.09. The Morgan fingerprint density at radius 2 is 2.07 bits per heavy atom. The third-order valence-electron chi connectivity index (χ3n) is 5.54. The van der Waals surface area contributed by atoms with Gasteiger partial charge in [0.15, 0.2) is 5.78 Å². The van der Waals surface area contributed by atoms with Gasteiger partial charge in [-0.05, 0) is 82.8 Å². The number of hydrogen-bond acceptors (Lipinski definition) is 5. The number of carbonyl (C=O) groups is 1. The Bertz CT molecular complexity index is 818. The van der Waals surface area contributed by atoms with Crippen LogP contribution >= 0.6 is 0 Å². The number of β-amino-alcohol motifs (C(OH)–C–C–N with tert-alkyl or cyclic N) is 1. The van der Waals surface area contributed by atoms with Gasteiger partial charge in [-0.3, -0.25) is 9.78 Å². The fraction of sp³-hybridized carbons (Fsp3) is 0.545. The molecule has 3 N–H and O–H groups in total. The number of aliphatic hydroxyl groups is 1. The van der Waals surface area contributed by atoms with E-state index in [0.29, 0.717) is 35.7 Å². The number of piperidine rings is 1. The summed E-state index contributed by atoms with van der Waals surface area (Å²) in [4.78, 5) is 19.6. The van der Waals surface area contributed by atoms with E-state index in [1.807, 2.05) is 39.0 Å². The minimum atomic E-state index is -0.649. The highest BCUT2D eigenvalue weighted by Gasteiger charge is 2.24. The Balaban J connectivity index is 1.61. The number of nitrogens with zero attached hydrogens (tertiary/aromatic N) is 2. The maximum absolute atomic E-state index is 12.9. The minimum Gasteiger partial charge on any atom is -0.398 e. The lowest BCUT2D eigenvalue weighted by molar-refractivity contribution is 0.0239. The minimum absolute atomic E-state index is 0.153. The van der Waals surface area contributed by atoms with Gasteiger partial charge in [-0.2, -0.15) is 0 Å². The summed E-state index contributed by atoms with van der Waals surface area (Å²) < 4.78 is 0. The summed E-state index contributed by atoms with van der Waals surface area (Å²) in [5.74, 6) is 0.724. The molecular formula is C22H31N3O2. The maximum Gasteiger partial charge on any atom is 0.165 e. The molecule has 146 valence electrons. The molecule has 2 aromatic rings. The fourth-order valence-electron chi connectivity index (χ4n) is 4.08. The third kappa shape index (κ3) is 4.85. The Morgan fingerprint density at radius 3 is 2.74 bits per heavy atom. The predicted molar refractivity (Wildman–Crippen MR) is 110 cm³/mol. The van der Waals surface area contributed by atoms with Gasteiger partial charge in [-0.25, -0.2) is 0 Å². The van der Waals surface area contributed by atoms with Crippen molar-refractivity contribution < 1.29 is 9.90 Å². The number of nitrogens with two attached hydrogens (primary N) is 1. The Morgan fingerprint density at radius 1 is 1.37 bits per heavy atom. The van der Waals surface area contributed by atoms with Crippen molar-refractivity contribution in [3.05, 3.63) is 35.5 Å². The van der Waals surface area contributed by atoms with Crippen LogP contribution in [0.5, 0.6) is 0 Å². The van der Waals surface area contributed by atoms with Gasteiger partial charge >= 0.3 is 0 Å². The first-order valence-corrected chi connectivity index (χ1v) is 9.86. The number of fused-ring (bicyclic) bond motifs is 1. The molecule has 0 unspecified atom stereocenters. The largest absolute Gasteiger partial charge is 0.398 e. The van der Waals surface area contributed by atoms with E-state index in [1.54, 1.807) is 6.20 Å². The van der Waals surface area contributed by atoms with Gasteiger partial charge in [0.2, 0.25) is 0 Å². The molecule has 3 rings (SSSR count). The second-order valence-corrected chi connectivity index (χ2v) is 8.55. The van der Waals surface area contributed by atoms with E-state index < -0.39 is 5.60 Å². The Labute approximate surface area is 161 Å². The van der Waals surface area contributed by atoms with E-state index in [2.05, 4.69) is 9.88 Å². The molecule has 0 aliphatic carbocycles. The standard InChI is InChI=1S/C22H31N3O2/c1-15-13-18(21-17(20(15)23)5-4-10-24-21)19(26)7-6-16-8-11-25(12-9-16)14-22(2,3)27/h4-5,10,13,16,27H,6-9,11-12,14,23H2,1-3H3. The molecule has 5 nitrogen and oxygen atoms in total. The normalized spacial score (nSPS) is 16.7. The van der Waals surface area contributed by atoms with E-state index in [9.17, 15) is 9.90 Å². The molecule has 1 aliphatic rings. The van der Waals surface area contributed by atoms with Crippen LogP contribution in [-0.2, 0) is 0 Å². The van der Waals surface area contributed by atoms with Gasteiger partial charge in [-0.15, -0.1) is 0 Å². The van der Waals surface area contributed by atoms with Crippen molar-refractivity contribution in [2.24, 2.45) is 5.92 Å². The molecular weight excluding hydrogens is 338 g/mol. The molecule has 2 heterocycles. The smallest absolute Gasteiger partial charge is 0.165 e. The second kappa shape index (κ2) is 7.95. The number of likely N-dealkylation sites (tertiary alicyclic amines) is 1. The number of nitrogen functional groups attached to an aromatic ring is 1. The van der Waals surface area contributed by atoms with Gasteiger partial charge in [0.25, 0.3) is 0 Å². The number of rotatable bonds is 6. The van der Waals surface area contributed by atoms with Crippen molar-refractivity contribution >= 4 is 22.4 Å². The SMILES string of the molecule is Cc1cc(C(=O)CCC2CCN(CC(C)(C)O)CC2)c2ncccc2c1N. The van der Waals surface area contributed by atoms with Crippen molar-refractivity contribution in [2.45, 2.75) is 52.1 Å².